The second kappa shape index (κ2) is 5.77. The second-order valence-corrected chi connectivity index (χ2v) is 4.57. The summed E-state index contributed by atoms with van der Waals surface area (Å²) in [4.78, 5) is 12.4. The molecule has 6 heteroatoms. The smallest absolute Gasteiger partial charge is 0.269 e. The Morgan fingerprint density at radius 2 is 2.35 bits per heavy atom. The Morgan fingerprint density at radius 1 is 1.71 bits per heavy atom. The van der Waals surface area contributed by atoms with Gasteiger partial charge in [0.1, 0.15) is 5.69 Å². The summed E-state index contributed by atoms with van der Waals surface area (Å²) in [6.07, 6.45) is 1.31. The summed E-state index contributed by atoms with van der Waals surface area (Å²) in [5, 5.41) is 7.03. The van der Waals surface area contributed by atoms with Crippen LogP contribution in [0.1, 0.15) is 35.9 Å². The average Bonchev–Trinajstić information content (AvgIpc) is 2.56. The maximum absolute atomic E-state index is 12.0. The van der Waals surface area contributed by atoms with Crippen LogP contribution in [0.4, 0.5) is 0 Å². The van der Waals surface area contributed by atoms with Gasteiger partial charge in [0.15, 0.2) is 0 Å². The van der Waals surface area contributed by atoms with Gasteiger partial charge in [0.2, 0.25) is 0 Å². The number of carbonyl (C=O) groups excluding carboxylic acids is 1. The van der Waals surface area contributed by atoms with Crippen molar-refractivity contribution in [2.75, 3.05) is 0 Å². The Labute approximate surface area is 106 Å². The maximum Gasteiger partial charge on any atom is 0.269 e. The van der Waals surface area contributed by atoms with Crippen molar-refractivity contribution in [1.29, 1.82) is 0 Å². The number of aromatic nitrogens is 2. The van der Waals surface area contributed by atoms with Gasteiger partial charge in [-0.15, -0.1) is 0 Å². The van der Waals surface area contributed by atoms with E-state index in [1.54, 1.807) is 17.8 Å². The molecule has 0 fully saturated rings. The minimum atomic E-state index is -0.142. The topological polar surface area (TPSA) is 72.9 Å². The van der Waals surface area contributed by atoms with E-state index in [1.165, 1.54) is 0 Å². The Morgan fingerprint density at radius 3 is 2.76 bits per heavy atom. The molecule has 1 aromatic rings. The second-order valence-electron chi connectivity index (χ2n) is 4.04. The van der Waals surface area contributed by atoms with Crippen molar-refractivity contribution >= 4 is 23.1 Å². The van der Waals surface area contributed by atoms with Gasteiger partial charge in [0.05, 0.1) is 10.7 Å². The van der Waals surface area contributed by atoms with E-state index in [1.807, 2.05) is 13.8 Å². The first-order valence-electron chi connectivity index (χ1n) is 5.53. The third-order valence-electron chi connectivity index (χ3n) is 2.51. The van der Waals surface area contributed by atoms with Crippen molar-refractivity contribution in [3.63, 3.8) is 0 Å². The molecule has 17 heavy (non-hydrogen) atoms. The molecule has 1 heterocycles. The van der Waals surface area contributed by atoms with Crippen molar-refractivity contribution in [3.8, 4) is 0 Å². The molecule has 5 nitrogen and oxygen atoms in total. The molecule has 0 spiro atoms. The van der Waals surface area contributed by atoms with Crippen LogP contribution in [0, 0.1) is 6.92 Å². The summed E-state index contributed by atoms with van der Waals surface area (Å²) in [6, 6.07) is 1.73. The van der Waals surface area contributed by atoms with Crippen LogP contribution in [0.3, 0.4) is 0 Å². The van der Waals surface area contributed by atoms with Crippen molar-refractivity contribution in [2.45, 2.75) is 32.7 Å². The van der Waals surface area contributed by atoms with E-state index in [-0.39, 0.29) is 11.9 Å². The molecule has 1 unspecified atom stereocenters. The lowest BCUT2D eigenvalue weighted by atomic mass is 10.1. The van der Waals surface area contributed by atoms with Gasteiger partial charge in [-0.1, -0.05) is 19.1 Å². The molecular formula is C11H18N4OS. The van der Waals surface area contributed by atoms with Crippen molar-refractivity contribution in [1.82, 2.24) is 15.1 Å². The predicted octanol–water partition coefficient (Wildman–Crippen LogP) is 0.913. The van der Waals surface area contributed by atoms with Crippen LogP contribution in [0.15, 0.2) is 6.07 Å². The molecule has 1 amide bonds. The molecule has 3 N–H and O–H groups in total. The molecule has 0 bridgehead atoms. The molecule has 0 aromatic carbocycles. The zero-order valence-corrected chi connectivity index (χ0v) is 11.2. The Bertz CT molecular complexity index is 427. The summed E-state index contributed by atoms with van der Waals surface area (Å²) in [7, 11) is 1.75. The van der Waals surface area contributed by atoms with E-state index < -0.39 is 0 Å². The highest BCUT2D eigenvalue weighted by Gasteiger charge is 2.16. The number of nitrogens with one attached hydrogen (secondary N) is 1. The lowest BCUT2D eigenvalue weighted by molar-refractivity contribution is 0.0927. The highest BCUT2D eigenvalue weighted by Crippen LogP contribution is 2.04. The first kappa shape index (κ1) is 13.6. The number of aryl methyl sites for hydroxylation is 2. The quantitative estimate of drug-likeness (QED) is 0.766. The molecule has 0 aliphatic heterocycles. The minimum Gasteiger partial charge on any atom is -0.393 e. The Balaban J connectivity index is 2.70. The van der Waals surface area contributed by atoms with E-state index in [0.717, 1.165) is 12.1 Å². The van der Waals surface area contributed by atoms with Crippen molar-refractivity contribution in [2.24, 2.45) is 12.8 Å². The summed E-state index contributed by atoms with van der Waals surface area (Å²) < 4.78 is 1.57. The number of hydrogen-bond acceptors (Lipinski definition) is 3. The third-order valence-corrected chi connectivity index (χ3v) is 2.68. The predicted molar refractivity (Wildman–Crippen MR) is 70.9 cm³/mol. The molecule has 1 aromatic heterocycles. The number of nitrogens with zero attached hydrogens (tertiary/aromatic N) is 2. The third kappa shape index (κ3) is 3.81. The lowest BCUT2D eigenvalue weighted by Crippen LogP contribution is -2.37. The molecule has 94 valence electrons. The van der Waals surface area contributed by atoms with E-state index in [0.29, 0.717) is 17.1 Å². The number of thiocarbonyl (C=S) groups is 1. The van der Waals surface area contributed by atoms with Gasteiger partial charge in [0.25, 0.3) is 5.91 Å². The van der Waals surface area contributed by atoms with Gasteiger partial charge in [0, 0.05) is 19.5 Å². The fourth-order valence-electron chi connectivity index (χ4n) is 1.62. The number of carbonyl (C=O) groups is 1. The first-order chi connectivity index (χ1) is 7.93. The summed E-state index contributed by atoms with van der Waals surface area (Å²) in [5.74, 6) is -0.142. The highest BCUT2D eigenvalue weighted by molar-refractivity contribution is 7.80. The zero-order valence-electron chi connectivity index (χ0n) is 10.4. The van der Waals surface area contributed by atoms with E-state index in [4.69, 9.17) is 18.0 Å². The number of hydrogen-bond donors (Lipinski definition) is 2. The molecule has 0 saturated carbocycles. The summed E-state index contributed by atoms with van der Waals surface area (Å²) in [6.45, 7) is 3.83. The van der Waals surface area contributed by atoms with E-state index in [2.05, 4.69) is 10.4 Å². The van der Waals surface area contributed by atoms with Crippen LogP contribution in [0.25, 0.3) is 0 Å². The molecule has 0 aliphatic rings. The molecule has 0 saturated heterocycles. The van der Waals surface area contributed by atoms with Crippen molar-refractivity contribution in [3.05, 3.63) is 17.5 Å². The van der Waals surface area contributed by atoms with Crippen LogP contribution >= 0.6 is 12.2 Å². The lowest BCUT2D eigenvalue weighted by Gasteiger charge is -2.15. The molecule has 1 atom stereocenters. The largest absolute Gasteiger partial charge is 0.393 e. The first-order valence-corrected chi connectivity index (χ1v) is 5.94. The zero-order chi connectivity index (χ0) is 13.0. The fraction of sp³-hybridized carbons (Fsp3) is 0.545. The van der Waals surface area contributed by atoms with Crippen molar-refractivity contribution < 1.29 is 4.79 Å². The number of rotatable bonds is 5. The molecule has 0 radical (unpaired) electrons. The van der Waals surface area contributed by atoms with Gasteiger partial charge in [-0.25, -0.2) is 0 Å². The standard InChI is InChI=1S/C11H18N4OS/c1-4-8(6-10(12)17)13-11(16)9-5-7(2)14-15(9)3/h5,8H,4,6H2,1-3H3,(H2,12,17)(H,13,16). The highest BCUT2D eigenvalue weighted by atomic mass is 32.1. The van der Waals surface area contributed by atoms with Gasteiger partial charge in [-0.05, 0) is 19.4 Å². The van der Waals surface area contributed by atoms with Gasteiger partial charge < -0.3 is 11.1 Å². The summed E-state index contributed by atoms with van der Waals surface area (Å²) in [5.41, 5.74) is 6.84. The van der Waals surface area contributed by atoms with Crippen LogP contribution in [0.5, 0.6) is 0 Å². The monoisotopic (exact) mass is 254 g/mol. The van der Waals surface area contributed by atoms with Gasteiger partial charge in [-0.3, -0.25) is 9.48 Å². The molecule has 1 rings (SSSR count). The SMILES string of the molecule is CCC(CC(N)=S)NC(=O)c1cc(C)nn1C. The van der Waals surface area contributed by atoms with Gasteiger partial charge >= 0.3 is 0 Å². The minimum absolute atomic E-state index is 0.0183. The fourth-order valence-corrected chi connectivity index (χ4v) is 1.82. The van der Waals surface area contributed by atoms with Crippen LogP contribution in [0.2, 0.25) is 0 Å². The van der Waals surface area contributed by atoms with Gasteiger partial charge in [-0.2, -0.15) is 5.10 Å². The van der Waals surface area contributed by atoms with E-state index in [9.17, 15) is 4.79 Å². The van der Waals surface area contributed by atoms with Crippen LogP contribution in [-0.4, -0.2) is 26.7 Å². The van der Waals surface area contributed by atoms with Crippen LogP contribution in [-0.2, 0) is 7.05 Å². The Hall–Kier alpha value is -1.43. The molecular weight excluding hydrogens is 236 g/mol. The normalized spacial score (nSPS) is 12.2. The molecule has 0 aliphatic carbocycles. The van der Waals surface area contributed by atoms with Crippen LogP contribution < -0.4 is 11.1 Å². The average molecular weight is 254 g/mol. The maximum atomic E-state index is 12.0. The Kier molecular flexibility index (Phi) is 4.62. The van der Waals surface area contributed by atoms with E-state index >= 15 is 0 Å². The summed E-state index contributed by atoms with van der Waals surface area (Å²) >= 11 is 4.85. The number of nitrogens with two attached hydrogens (primary N) is 1. The number of amides is 1.